The number of aromatic nitrogens is 2. The maximum absolute atomic E-state index is 9.81. The van der Waals surface area contributed by atoms with Gasteiger partial charge in [0.05, 0.1) is 0 Å². The van der Waals surface area contributed by atoms with Crippen molar-refractivity contribution in [1.29, 1.82) is 5.26 Å². The van der Waals surface area contributed by atoms with Crippen molar-refractivity contribution in [2.24, 2.45) is 0 Å². The Hall–Kier alpha value is -2.45. The smallest absolute Gasteiger partial charge is 0.142 e. The van der Waals surface area contributed by atoms with E-state index >= 15 is 0 Å². The highest BCUT2D eigenvalue weighted by Crippen LogP contribution is 2.50. The van der Waals surface area contributed by atoms with Crippen molar-refractivity contribution >= 4 is 5.82 Å². The van der Waals surface area contributed by atoms with Crippen molar-refractivity contribution in [2.75, 3.05) is 5.73 Å². The fourth-order valence-corrected chi connectivity index (χ4v) is 5.50. The van der Waals surface area contributed by atoms with Crippen LogP contribution in [0.2, 0.25) is 0 Å². The van der Waals surface area contributed by atoms with Crippen LogP contribution in [0.25, 0.3) is 11.1 Å². The minimum absolute atomic E-state index is 0.367. The second kappa shape index (κ2) is 6.07. The first-order valence-electron chi connectivity index (χ1n) is 9.68. The van der Waals surface area contributed by atoms with Gasteiger partial charge in [0.2, 0.25) is 0 Å². The summed E-state index contributed by atoms with van der Waals surface area (Å²) in [4.78, 5) is 11.6. The zero-order valence-electron chi connectivity index (χ0n) is 14.9. The molecule has 2 aromatic rings. The quantitative estimate of drug-likeness (QED) is 0.899. The molecule has 0 aromatic carbocycles. The number of nitrogens with zero attached hydrogens (tertiary/aromatic N) is 4. The number of fused-ring (bicyclic) bond motifs is 4. The van der Waals surface area contributed by atoms with Gasteiger partial charge in [0.1, 0.15) is 17.5 Å². The van der Waals surface area contributed by atoms with Crippen LogP contribution in [-0.2, 0) is 6.42 Å². The topological polar surface area (TPSA) is 78.8 Å². The van der Waals surface area contributed by atoms with Crippen LogP contribution in [0, 0.1) is 11.3 Å². The Balaban J connectivity index is 1.72. The molecule has 0 spiro atoms. The van der Waals surface area contributed by atoms with E-state index in [0.29, 0.717) is 29.5 Å². The van der Waals surface area contributed by atoms with Gasteiger partial charge in [-0.1, -0.05) is 12.8 Å². The predicted molar refractivity (Wildman–Crippen MR) is 100 cm³/mol. The monoisotopic (exact) mass is 345 g/mol. The molecule has 0 amide bonds. The molecule has 5 nitrogen and oxygen atoms in total. The van der Waals surface area contributed by atoms with Crippen LogP contribution >= 0.6 is 0 Å². The molecule has 2 bridgehead atoms. The molecule has 5 heteroatoms. The molecule has 26 heavy (non-hydrogen) atoms. The Morgan fingerprint density at radius 1 is 1.08 bits per heavy atom. The van der Waals surface area contributed by atoms with E-state index < -0.39 is 0 Å². The molecule has 2 aliphatic heterocycles. The summed E-state index contributed by atoms with van der Waals surface area (Å²) in [5.74, 6) is 0.367. The summed E-state index contributed by atoms with van der Waals surface area (Å²) >= 11 is 0. The first-order valence-corrected chi connectivity index (χ1v) is 9.68. The Labute approximate surface area is 153 Å². The number of nitrogen functional groups attached to an aromatic ring is 1. The molecule has 0 unspecified atom stereocenters. The van der Waals surface area contributed by atoms with Gasteiger partial charge in [0.25, 0.3) is 0 Å². The molecular weight excluding hydrogens is 322 g/mol. The number of hydrogen-bond donors (Lipinski definition) is 1. The van der Waals surface area contributed by atoms with Crippen molar-refractivity contribution in [3.05, 3.63) is 41.3 Å². The van der Waals surface area contributed by atoms with Crippen LogP contribution < -0.4 is 5.73 Å². The highest BCUT2D eigenvalue weighted by Gasteiger charge is 2.46. The lowest BCUT2D eigenvalue weighted by molar-refractivity contribution is 0.116. The number of anilines is 1. The summed E-state index contributed by atoms with van der Waals surface area (Å²) in [7, 11) is 0. The van der Waals surface area contributed by atoms with Crippen molar-refractivity contribution in [1.82, 2.24) is 14.9 Å². The Morgan fingerprint density at radius 3 is 2.58 bits per heavy atom. The average molecular weight is 345 g/mol. The summed E-state index contributed by atoms with van der Waals surface area (Å²) in [6, 6.07) is 7.94. The lowest BCUT2D eigenvalue weighted by Crippen LogP contribution is -2.44. The normalized spacial score (nSPS) is 25.2. The molecule has 2 fully saturated rings. The van der Waals surface area contributed by atoms with Crippen LogP contribution in [-0.4, -0.2) is 27.0 Å². The number of hydrogen-bond acceptors (Lipinski definition) is 5. The lowest BCUT2D eigenvalue weighted by Gasteiger charge is -2.41. The molecule has 5 rings (SSSR count). The molecule has 2 atom stereocenters. The van der Waals surface area contributed by atoms with Crippen molar-refractivity contribution in [2.45, 2.75) is 63.1 Å². The van der Waals surface area contributed by atoms with E-state index in [1.165, 1.54) is 37.7 Å². The average Bonchev–Trinajstić information content (AvgIpc) is 3.28. The minimum Gasteiger partial charge on any atom is -0.383 e. The van der Waals surface area contributed by atoms with Gasteiger partial charge >= 0.3 is 0 Å². The highest BCUT2D eigenvalue weighted by atomic mass is 15.3. The molecule has 0 radical (unpaired) electrons. The summed E-state index contributed by atoms with van der Waals surface area (Å²) < 4.78 is 0. The van der Waals surface area contributed by atoms with Gasteiger partial charge in [-0.3, -0.25) is 9.88 Å². The SMILES string of the molecule is N#Cc1c(N)nc2c(c1-c1ccncc1)[C@H]1CC[C@@H](C2)N1C1CCCC1. The molecule has 2 N–H and O–H groups in total. The van der Waals surface area contributed by atoms with E-state index in [-0.39, 0.29) is 0 Å². The number of nitriles is 1. The van der Waals surface area contributed by atoms with Gasteiger partial charge in [-0.2, -0.15) is 5.26 Å². The van der Waals surface area contributed by atoms with E-state index in [0.717, 1.165) is 29.7 Å². The van der Waals surface area contributed by atoms with Crippen molar-refractivity contribution < 1.29 is 0 Å². The molecule has 1 saturated heterocycles. The van der Waals surface area contributed by atoms with E-state index in [2.05, 4.69) is 20.9 Å². The Bertz CT molecular complexity index is 880. The first-order chi connectivity index (χ1) is 12.8. The van der Waals surface area contributed by atoms with Crippen LogP contribution in [0.5, 0.6) is 0 Å². The fourth-order valence-electron chi connectivity index (χ4n) is 5.50. The number of rotatable bonds is 2. The number of pyridine rings is 2. The van der Waals surface area contributed by atoms with Crippen molar-refractivity contribution in [3.63, 3.8) is 0 Å². The van der Waals surface area contributed by atoms with Crippen LogP contribution in [0.15, 0.2) is 24.5 Å². The van der Waals surface area contributed by atoms with Gasteiger partial charge in [0.15, 0.2) is 0 Å². The maximum atomic E-state index is 9.81. The predicted octanol–water partition coefficient (Wildman–Crippen LogP) is 3.60. The third kappa shape index (κ3) is 2.25. The zero-order valence-corrected chi connectivity index (χ0v) is 14.9. The molecular formula is C21H23N5. The summed E-state index contributed by atoms with van der Waals surface area (Å²) in [5.41, 5.74) is 11.1. The molecule has 132 valence electrons. The van der Waals surface area contributed by atoms with Gasteiger partial charge in [-0.25, -0.2) is 4.98 Å². The molecule has 4 heterocycles. The maximum Gasteiger partial charge on any atom is 0.142 e. The van der Waals surface area contributed by atoms with Crippen LogP contribution in [0.4, 0.5) is 5.82 Å². The van der Waals surface area contributed by atoms with Crippen molar-refractivity contribution in [3.8, 4) is 17.2 Å². The van der Waals surface area contributed by atoms with Gasteiger partial charge < -0.3 is 5.73 Å². The summed E-state index contributed by atoms with van der Waals surface area (Å²) in [5, 5.41) is 9.81. The van der Waals surface area contributed by atoms with E-state index in [1.807, 2.05) is 12.1 Å². The lowest BCUT2D eigenvalue weighted by atomic mass is 9.86. The standard InChI is InChI=1S/C21H23N5/c22-12-16-19(13-7-9-24-10-8-13)20-17(25-21(16)23)11-15-5-6-18(20)26(15)14-3-1-2-4-14/h7-10,14-15,18H,1-6,11H2,(H2,23,25)/t15-,18+/m0/s1. The van der Waals surface area contributed by atoms with Crippen LogP contribution in [0.1, 0.15) is 61.4 Å². The zero-order chi connectivity index (χ0) is 17.7. The largest absolute Gasteiger partial charge is 0.383 e. The highest BCUT2D eigenvalue weighted by molar-refractivity contribution is 5.79. The summed E-state index contributed by atoms with van der Waals surface area (Å²) in [6.45, 7) is 0. The summed E-state index contributed by atoms with van der Waals surface area (Å²) in [6.07, 6.45) is 12.2. The van der Waals surface area contributed by atoms with E-state index in [4.69, 9.17) is 5.73 Å². The number of nitrogens with two attached hydrogens (primary N) is 1. The van der Waals surface area contributed by atoms with Gasteiger partial charge in [-0.15, -0.1) is 0 Å². The molecule has 2 aromatic heterocycles. The first kappa shape index (κ1) is 15.8. The second-order valence-corrected chi connectivity index (χ2v) is 7.79. The fraction of sp³-hybridized carbons (Fsp3) is 0.476. The molecule has 1 saturated carbocycles. The van der Waals surface area contributed by atoms with Gasteiger partial charge in [0, 0.05) is 53.8 Å². The van der Waals surface area contributed by atoms with Crippen LogP contribution in [0.3, 0.4) is 0 Å². The van der Waals surface area contributed by atoms with E-state index in [1.54, 1.807) is 12.4 Å². The minimum atomic E-state index is 0.367. The van der Waals surface area contributed by atoms with E-state index in [9.17, 15) is 5.26 Å². The third-order valence-corrected chi connectivity index (χ3v) is 6.49. The molecule has 1 aliphatic carbocycles. The second-order valence-electron chi connectivity index (χ2n) is 7.79. The Morgan fingerprint density at radius 2 is 1.85 bits per heavy atom. The van der Waals surface area contributed by atoms with Gasteiger partial charge in [-0.05, 0) is 43.4 Å². The Kier molecular flexibility index (Phi) is 3.68. The third-order valence-electron chi connectivity index (χ3n) is 6.49. The molecule has 3 aliphatic rings.